The molecule has 34 heavy (non-hydrogen) atoms. The van der Waals surface area contributed by atoms with Gasteiger partial charge in [-0.1, -0.05) is 0 Å². The smallest absolute Gasteiger partial charge is 0.365 e. The van der Waals surface area contributed by atoms with Gasteiger partial charge in [0.05, 0.1) is 17.0 Å². The van der Waals surface area contributed by atoms with Crippen molar-refractivity contribution < 1.29 is 31.5 Å². The molecule has 3 N–H and O–H groups in total. The van der Waals surface area contributed by atoms with Gasteiger partial charge in [0.15, 0.2) is 5.01 Å². The van der Waals surface area contributed by atoms with E-state index in [1.54, 1.807) is 0 Å². The number of hydrogen-bond donors (Lipinski definition) is 2. The van der Waals surface area contributed by atoms with E-state index in [1.165, 1.54) is 6.92 Å². The lowest BCUT2D eigenvalue weighted by Crippen LogP contribution is -2.41. The van der Waals surface area contributed by atoms with E-state index < -0.39 is 64.7 Å². The summed E-state index contributed by atoms with van der Waals surface area (Å²) in [4.78, 5) is 33.3. The molecule has 1 aliphatic heterocycles. The molecule has 0 spiro atoms. The normalized spacial score (nSPS) is 21.3. The third kappa shape index (κ3) is 4.57. The predicted molar refractivity (Wildman–Crippen MR) is 115 cm³/mol. The second-order valence-corrected chi connectivity index (χ2v) is 10.1. The number of nitrogens with zero attached hydrogens (tertiary/aromatic N) is 3. The fourth-order valence-corrected chi connectivity index (χ4v) is 5.19. The van der Waals surface area contributed by atoms with Crippen LogP contribution in [0.2, 0.25) is 0 Å². The third-order valence-corrected chi connectivity index (χ3v) is 7.27. The minimum Gasteiger partial charge on any atom is -0.365 e. The maximum Gasteiger partial charge on any atom is 0.417 e. The summed E-state index contributed by atoms with van der Waals surface area (Å²) in [5, 5.41) is 2.60. The summed E-state index contributed by atoms with van der Waals surface area (Å²) in [7, 11) is 0. The van der Waals surface area contributed by atoms with Crippen molar-refractivity contribution in [1.82, 2.24) is 14.9 Å². The number of nitrogens with one attached hydrogen (secondary N) is 1. The fraction of sp³-hybridized carbons (Fsp3) is 0.524. The summed E-state index contributed by atoms with van der Waals surface area (Å²) in [6.45, 7) is 2.39. The number of aromatic nitrogens is 2. The fourth-order valence-electron chi connectivity index (χ4n) is 4.25. The Hall–Kier alpha value is -2.83. The Kier molecular flexibility index (Phi) is 5.82. The molecule has 2 aromatic rings. The SMILES string of the molecule is CC1CC(F)(F)CN1C(=O)c1nc(C(N)=O)sc1-c1cnc(NC2(C)CCC2)cc1C(F)(F)F. The van der Waals surface area contributed by atoms with Gasteiger partial charge >= 0.3 is 6.18 Å². The van der Waals surface area contributed by atoms with Crippen molar-refractivity contribution in [2.75, 3.05) is 11.9 Å². The molecule has 3 heterocycles. The summed E-state index contributed by atoms with van der Waals surface area (Å²) in [6, 6.07) is -0.0345. The minimum absolute atomic E-state index is 0.0126. The van der Waals surface area contributed by atoms with Crippen LogP contribution >= 0.6 is 11.3 Å². The number of alkyl halides is 5. The zero-order chi connectivity index (χ0) is 25.1. The highest BCUT2D eigenvalue weighted by atomic mass is 32.1. The van der Waals surface area contributed by atoms with Gasteiger partial charge in [-0.2, -0.15) is 13.2 Å². The lowest BCUT2D eigenvalue weighted by molar-refractivity contribution is -0.137. The average Bonchev–Trinajstić information content (AvgIpc) is 3.26. The molecule has 0 bridgehead atoms. The molecule has 1 saturated carbocycles. The van der Waals surface area contributed by atoms with Crippen LogP contribution in [0.5, 0.6) is 0 Å². The monoisotopic (exact) mass is 503 g/mol. The molecule has 1 aliphatic carbocycles. The number of rotatable bonds is 5. The number of hydrogen-bond acceptors (Lipinski definition) is 6. The van der Waals surface area contributed by atoms with Crippen LogP contribution in [-0.2, 0) is 6.18 Å². The van der Waals surface area contributed by atoms with E-state index in [-0.39, 0.29) is 16.2 Å². The summed E-state index contributed by atoms with van der Waals surface area (Å²) >= 11 is 0.493. The molecule has 4 rings (SSSR count). The van der Waals surface area contributed by atoms with Crippen molar-refractivity contribution in [3.8, 4) is 10.4 Å². The first kappa shape index (κ1) is 24.3. The van der Waals surface area contributed by atoms with Gasteiger partial charge in [-0.05, 0) is 39.2 Å². The Labute approximate surface area is 195 Å². The number of carbonyl (C=O) groups excluding carboxylic acids is 2. The molecular formula is C21H22F5N5O2S. The zero-order valence-electron chi connectivity index (χ0n) is 18.3. The van der Waals surface area contributed by atoms with E-state index in [9.17, 15) is 31.5 Å². The number of likely N-dealkylation sites (tertiary alicyclic amines) is 1. The summed E-state index contributed by atoms with van der Waals surface area (Å²) < 4.78 is 69.9. The number of primary amides is 1. The zero-order valence-corrected chi connectivity index (χ0v) is 19.1. The van der Waals surface area contributed by atoms with Crippen LogP contribution < -0.4 is 11.1 Å². The standard InChI is InChI=1S/C21H22F5N5O2S/c1-10-7-20(22,23)9-31(10)18(33)14-15(34-17(29-14)16(27)32)11-8-28-13(6-12(11)21(24,25)26)30-19(2)4-3-5-19/h6,8,10H,3-5,7,9H2,1-2H3,(H2,27,32)(H,28,30). The third-order valence-electron chi connectivity index (χ3n) is 6.17. The molecule has 0 radical (unpaired) electrons. The molecule has 2 amide bonds. The van der Waals surface area contributed by atoms with Gasteiger partial charge in [0.1, 0.15) is 11.5 Å². The Morgan fingerprint density at radius 3 is 2.47 bits per heavy atom. The predicted octanol–water partition coefficient (Wildman–Crippen LogP) is 4.55. The van der Waals surface area contributed by atoms with Crippen molar-refractivity contribution >= 4 is 29.0 Å². The van der Waals surface area contributed by atoms with Gasteiger partial charge < -0.3 is 16.0 Å². The van der Waals surface area contributed by atoms with E-state index in [0.717, 1.165) is 36.4 Å². The highest BCUT2D eigenvalue weighted by molar-refractivity contribution is 7.17. The molecule has 2 aromatic heterocycles. The van der Waals surface area contributed by atoms with Crippen LogP contribution in [0.15, 0.2) is 12.3 Å². The van der Waals surface area contributed by atoms with Crippen LogP contribution in [0.1, 0.15) is 65.4 Å². The van der Waals surface area contributed by atoms with Gasteiger partial charge in [-0.15, -0.1) is 11.3 Å². The molecule has 0 aromatic carbocycles. The molecular weight excluding hydrogens is 481 g/mol. The van der Waals surface area contributed by atoms with E-state index in [4.69, 9.17) is 5.73 Å². The second kappa shape index (κ2) is 8.14. The largest absolute Gasteiger partial charge is 0.417 e. The van der Waals surface area contributed by atoms with E-state index in [0.29, 0.717) is 11.3 Å². The Morgan fingerprint density at radius 2 is 1.97 bits per heavy atom. The Balaban J connectivity index is 1.80. The molecule has 1 unspecified atom stereocenters. The highest BCUT2D eigenvalue weighted by Gasteiger charge is 2.46. The number of carbonyl (C=O) groups is 2. The van der Waals surface area contributed by atoms with Crippen molar-refractivity contribution in [2.45, 2.75) is 63.2 Å². The molecule has 184 valence electrons. The van der Waals surface area contributed by atoms with Crippen molar-refractivity contribution in [3.63, 3.8) is 0 Å². The van der Waals surface area contributed by atoms with Gasteiger partial charge in [0.25, 0.3) is 17.7 Å². The first-order valence-electron chi connectivity index (χ1n) is 10.5. The van der Waals surface area contributed by atoms with Crippen molar-refractivity contribution in [2.24, 2.45) is 5.73 Å². The van der Waals surface area contributed by atoms with Crippen LogP contribution in [0.3, 0.4) is 0 Å². The molecule has 1 atom stereocenters. The van der Waals surface area contributed by atoms with Crippen LogP contribution in [0.25, 0.3) is 10.4 Å². The number of nitrogens with two attached hydrogens (primary N) is 1. The summed E-state index contributed by atoms with van der Waals surface area (Å²) in [5.74, 6) is -5.18. The Morgan fingerprint density at radius 1 is 1.29 bits per heavy atom. The topological polar surface area (TPSA) is 101 Å². The van der Waals surface area contributed by atoms with Crippen LogP contribution in [-0.4, -0.2) is 50.7 Å². The lowest BCUT2D eigenvalue weighted by Gasteiger charge is -2.39. The van der Waals surface area contributed by atoms with Crippen LogP contribution in [0.4, 0.5) is 27.8 Å². The average molecular weight is 503 g/mol. The number of halogens is 5. The van der Waals surface area contributed by atoms with E-state index in [1.807, 2.05) is 6.92 Å². The summed E-state index contributed by atoms with van der Waals surface area (Å²) in [6.07, 6.45) is -1.96. The van der Waals surface area contributed by atoms with E-state index >= 15 is 0 Å². The molecule has 1 saturated heterocycles. The maximum atomic E-state index is 14.0. The quantitative estimate of drug-likeness (QED) is 0.583. The van der Waals surface area contributed by atoms with E-state index in [2.05, 4.69) is 15.3 Å². The highest BCUT2D eigenvalue weighted by Crippen LogP contribution is 2.43. The summed E-state index contributed by atoms with van der Waals surface area (Å²) in [5.41, 5.74) is 2.77. The lowest BCUT2D eigenvalue weighted by atomic mass is 9.78. The first-order valence-corrected chi connectivity index (χ1v) is 11.4. The number of amides is 2. The number of pyridine rings is 1. The first-order chi connectivity index (χ1) is 15.7. The van der Waals surface area contributed by atoms with Gasteiger partial charge in [0, 0.05) is 29.8 Å². The number of thiazole rings is 1. The molecule has 2 aliphatic rings. The van der Waals surface area contributed by atoms with Gasteiger partial charge in [-0.3, -0.25) is 9.59 Å². The second-order valence-electron chi connectivity index (χ2n) is 9.06. The Bertz CT molecular complexity index is 1150. The van der Waals surface area contributed by atoms with Crippen molar-refractivity contribution in [3.05, 3.63) is 28.5 Å². The maximum absolute atomic E-state index is 14.0. The molecule has 13 heteroatoms. The van der Waals surface area contributed by atoms with Crippen LogP contribution in [0, 0.1) is 0 Å². The van der Waals surface area contributed by atoms with Gasteiger partial charge in [0.2, 0.25) is 0 Å². The molecule has 7 nitrogen and oxygen atoms in total. The minimum atomic E-state index is -4.83. The number of anilines is 1. The van der Waals surface area contributed by atoms with Gasteiger partial charge in [-0.25, -0.2) is 18.7 Å². The van der Waals surface area contributed by atoms with Crippen molar-refractivity contribution in [1.29, 1.82) is 0 Å². The molecule has 2 fully saturated rings.